The van der Waals surface area contributed by atoms with Crippen molar-refractivity contribution in [3.05, 3.63) is 66.2 Å². The molecule has 0 atom stereocenters. The summed E-state index contributed by atoms with van der Waals surface area (Å²) < 4.78 is 16.0. The molecule has 0 radical (unpaired) electrons. The van der Waals surface area contributed by atoms with Crippen LogP contribution in [0.1, 0.15) is 30.8 Å². The van der Waals surface area contributed by atoms with E-state index in [0.29, 0.717) is 23.7 Å². The number of nitrogens with one attached hydrogen (secondary N) is 1. The highest BCUT2D eigenvalue weighted by Gasteiger charge is 2.12. The van der Waals surface area contributed by atoms with E-state index in [1.165, 1.54) is 0 Å². The number of ether oxygens (including phenoxy) is 2. The maximum atomic E-state index is 6.08. The van der Waals surface area contributed by atoms with Gasteiger partial charge in [-0.05, 0) is 77.1 Å². The molecule has 0 aliphatic heterocycles. The maximum absolute atomic E-state index is 6.08. The second kappa shape index (κ2) is 10.4. The first kappa shape index (κ1) is 22.0. The van der Waals surface area contributed by atoms with Gasteiger partial charge < -0.3 is 9.47 Å². The van der Waals surface area contributed by atoms with Crippen LogP contribution < -0.4 is 9.47 Å². The quantitative estimate of drug-likeness (QED) is 0.208. The zero-order chi connectivity index (χ0) is 20.8. The number of aromatic nitrogens is 3. The summed E-state index contributed by atoms with van der Waals surface area (Å²) >= 11 is 10.9. The van der Waals surface area contributed by atoms with Gasteiger partial charge in [0.25, 0.3) is 0 Å². The molecule has 152 valence electrons. The lowest BCUT2D eigenvalue weighted by molar-refractivity contribution is 0.267. The molecule has 0 bridgehead atoms. The van der Waals surface area contributed by atoms with Crippen LogP contribution in [0.5, 0.6) is 11.5 Å². The van der Waals surface area contributed by atoms with Crippen molar-refractivity contribution in [2.75, 3.05) is 6.61 Å². The molecule has 1 N–H and O–H groups in total. The number of hydrogen-bond acceptors (Lipinski definition) is 5. The molecule has 0 spiro atoms. The number of nitrogens with zero attached hydrogens (tertiary/aromatic N) is 3. The van der Waals surface area contributed by atoms with Crippen LogP contribution in [-0.2, 0) is 13.0 Å². The number of H-pyrrole nitrogens is 1. The Bertz CT molecular complexity index is 1060. The van der Waals surface area contributed by atoms with Crippen molar-refractivity contribution < 1.29 is 9.47 Å². The van der Waals surface area contributed by atoms with E-state index < -0.39 is 0 Å². The van der Waals surface area contributed by atoms with Crippen molar-refractivity contribution in [3.8, 4) is 11.5 Å². The van der Waals surface area contributed by atoms with Crippen molar-refractivity contribution in [1.29, 1.82) is 0 Å². The van der Waals surface area contributed by atoms with Gasteiger partial charge in [0.2, 0.25) is 4.77 Å². The molecule has 9 heteroatoms. The van der Waals surface area contributed by atoms with E-state index in [0.717, 1.165) is 37.2 Å². The predicted molar refractivity (Wildman–Crippen MR) is 129 cm³/mol. The van der Waals surface area contributed by atoms with Crippen LogP contribution in [0, 0.1) is 8.34 Å². The van der Waals surface area contributed by atoms with E-state index >= 15 is 0 Å². The molecule has 1 aromatic heterocycles. The summed E-state index contributed by atoms with van der Waals surface area (Å²) in [5.74, 6) is 2.19. The lowest BCUT2D eigenvalue weighted by atomic mass is 10.2. The third-order valence-electron chi connectivity index (χ3n) is 3.98. The summed E-state index contributed by atoms with van der Waals surface area (Å²) in [7, 11) is 0. The van der Waals surface area contributed by atoms with Gasteiger partial charge in [-0.15, -0.1) is 0 Å². The summed E-state index contributed by atoms with van der Waals surface area (Å²) in [6.45, 7) is 4.95. The molecule has 1 heterocycles. The molecule has 29 heavy (non-hydrogen) atoms. The number of aromatic amines is 1. The van der Waals surface area contributed by atoms with Gasteiger partial charge in [0, 0.05) is 10.9 Å². The van der Waals surface area contributed by atoms with E-state index in [2.05, 4.69) is 53.8 Å². The first-order valence-corrected chi connectivity index (χ1v) is 11.3. The van der Waals surface area contributed by atoms with Gasteiger partial charge in [0.1, 0.15) is 6.61 Å². The van der Waals surface area contributed by atoms with Crippen LogP contribution in [0.2, 0.25) is 0 Å². The maximum Gasteiger partial charge on any atom is 0.216 e. The van der Waals surface area contributed by atoms with Gasteiger partial charge in [-0.1, -0.05) is 35.0 Å². The van der Waals surface area contributed by atoms with E-state index in [1.807, 2.05) is 50.2 Å². The number of halogens is 2. The minimum Gasteiger partial charge on any atom is -0.490 e. The van der Waals surface area contributed by atoms with Gasteiger partial charge in [0.15, 0.2) is 17.3 Å². The zero-order valence-electron chi connectivity index (χ0n) is 16.0. The van der Waals surface area contributed by atoms with Gasteiger partial charge in [-0.2, -0.15) is 14.9 Å². The van der Waals surface area contributed by atoms with E-state index in [4.69, 9.17) is 21.7 Å². The largest absolute Gasteiger partial charge is 0.490 e. The molecule has 0 unspecified atom stereocenters. The van der Waals surface area contributed by atoms with Crippen LogP contribution in [0.3, 0.4) is 0 Å². The normalized spacial score (nSPS) is 11.2. The molecule has 0 amide bonds. The van der Waals surface area contributed by atoms with E-state index in [-0.39, 0.29) is 0 Å². The lowest BCUT2D eigenvalue weighted by Crippen LogP contribution is -2.03. The molecule has 0 aliphatic rings. The molecule has 6 nitrogen and oxygen atoms in total. The molecule has 3 aromatic rings. The summed E-state index contributed by atoms with van der Waals surface area (Å²) in [6.07, 6.45) is 2.47. The average molecular weight is 587 g/mol. The number of hydrogen-bond donors (Lipinski definition) is 1. The van der Waals surface area contributed by atoms with Gasteiger partial charge in [-0.3, -0.25) is 5.10 Å². The van der Waals surface area contributed by atoms with Gasteiger partial charge >= 0.3 is 0 Å². The Labute approximate surface area is 196 Å². The Morgan fingerprint density at radius 1 is 1.24 bits per heavy atom. The first-order valence-electron chi connectivity index (χ1n) is 9.06. The Kier molecular flexibility index (Phi) is 7.84. The van der Waals surface area contributed by atoms with Crippen LogP contribution in [-0.4, -0.2) is 27.7 Å². The fraction of sp³-hybridized carbons (Fsp3) is 0.250. The van der Waals surface area contributed by atoms with Gasteiger partial charge in [0.05, 0.1) is 16.4 Å². The average Bonchev–Trinajstić information content (AvgIpc) is 3.07. The van der Waals surface area contributed by atoms with Crippen molar-refractivity contribution in [1.82, 2.24) is 14.9 Å². The van der Waals surface area contributed by atoms with Crippen LogP contribution in [0.25, 0.3) is 0 Å². The third kappa shape index (κ3) is 5.67. The fourth-order valence-electron chi connectivity index (χ4n) is 2.60. The predicted octanol–water partition coefficient (Wildman–Crippen LogP) is 5.73. The second-order valence-corrected chi connectivity index (χ2v) is 8.50. The molecule has 0 saturated carbocycles. The summed E-state index contributed by atoms with van der Waals surface area (Å²) in [6, 6.07) is 12.0. The van der Waals surface area contributed by atoms with Crippen LogP contribution in [0.15, 0.2) is 46.0 Å². The molecule has 0 fully saturated rings. The topological polar surface area (TPSA) is 64.4 Å². The van der Waals surface area contributed by atoms with Crippen molar-refractivity contribution in [2.24, 2.45) is 5.10 Å². The number of rotatable bonds is 8. The Morgan fingerprint density at radius 3 is 2.69 bits per heavy atom. The Hall–Kier alpha value is -1.72. The molecule has 0 saturated heterocycles. The highest BCUT2D eigenvalue weighted by atomic mass is 127. The SMILES string of the molecule is CCOc1cc(/C=N\n2c(CC)n[nH]c2=S)cc(I)c1OCc1ccc(Br)cc1. The van der Waals surface area contributed by atoms with E-state index in [1.54, 1.807) is 10.9 Å². The Morgan fingerprint density at radius 2 is 2.00 bits per heavy atom. The zero-order valence-corrected chi connectivity index (χ0v) is 20.5. The Balaban J connectivity index is 1.85. The standard InChI is InChI=1S/C20H20BrIN4O2S/c1-3-18-24-25-20(29)26(18)23-11-14-9-16(22)19(17(10-14)27-4-2)28-12-13-5-7-15(21)8-6-13/h5-11H,3-4,12H2,1-2H3,(H,25,29)/b23-11-. The summed E-state index contributed by atoms with van der Waals surface area (Å²) in [5, 5.41) is 11.4. The molecule has 3 rings (SSSR count). The van der Waals surface area contributed by atoms with Gasteiger partial charge in [-0.25, -0.2) is 0 Å². The highest BCUT2D eigenvalue weighted by Crippen LogP contribution is 2.34. The van der Waals surface area contributed by atoms with Crippen molar-refractivity contribution in [3.63, 3.8) is 0 Å². The molecule has 0 aliphatic carbocycles. The minimum atomic E-state index is 0.459. The summed E-state index contributed by atoms with van der Waals surface area (Å²) in [4.78, 5) is 0. The lowest BCUT2D eigenvalue weighted by Gasteiger charge is -2.15. The van der Waals surface area contributed by atoms with Crippen molar-refractivity contribution >= 4 is 57.0 Å². The molecular weight excluding hydrogens is 567 g/mol. The number of aryl methyl sites for hydroxylation is 1. The highest BCUT2D eigenvalue weighted by molar-refractivity contribution is 14.1. The molecule has 2 aromatic carbocycles. The van der Waals surface area contributed by atoms with Crippen LogP contribution in [0.4, 0.5) is 0 Å². The fourth-order valence-corrected chi connectivity index (χ4v) is 3.84. The third-order valence-corrected chi connectivity index (χ3v) is 5.58. The second-order valence-electron chi connectivity index (χ2n) is 6.03. The minimum absolute atomic E-state index is 0.459. The molecular formula is C20H20BrIN4O2S. The van der Waals surface area contributed by atoms with Crippen LogP contribution >= 0.6 is 50.7 Å². The number of benzene rings is 2. The first-order chi connectivity index (χ1) is 14.0. The summed E-state index contributed by atoms with van der Waals surface area (Å²) in [5.41, 5.74) is 1.97. The van der Waals surface area contributed by atoms with Crippen molar-refractivity contribution in [2.45, 2.75) is 26.9 Å². The smallest absolute Gasteiger partial charge is 0.216 e. The monoisotopic (exact) mass is 586 g/mol. The van der Waals surface area contributed by atoms with E-state index in [9.17, 15) is 0 Å².